The Morgan fingerprint density at radius 1 is 0.850 bits per heavy atom. The number of fused-ring (bicyclic) bond motifs is 2. The van der Waals surface area contributed by atoms with Crippen molar-refractivity contribution in [1.29, 1.82) is 0 Å². The van der Waals surface area contributed by atoms with Crippen molar-refractivity contribution in [3.05, 3.63) is 87.0 Å². The Hall–Kier alpha value is -2.55. The fraction of sp³-hybridized carbons (Fsp3) is 0.412. The monoisotopic (exact) mass is 653 g/mol. The zero-order valence-electron chi connectivity index (χ0n) is 24.3. The smallest absolute Gasteiger partial charge is 0.145 e. The summed E-state index contributed by atoms with van der Waals surface area (Å²) < 4.78 is 20.8. The molecule has 1 unspecified atom stereocenters. The van der Waals surface area contributed by atoms with Gasteiger partial charge in [-0.15, -0.1) is 0 Å². The second kappa shape index (κ2) is 13.0. The summed E-state index contributed by atoms with van der Waals surface area (Å²) in [5.41, 5.74) is 6.65. The van der Waals surface area contributed by atoms with Crippen molar-refractivity contribution < 1.29 is 14.2 Å². The Morgan fingerprint density at radius 2 is 1.52 bits per heavy atom. The van der Waals surface area contributed by atoms with Crippen LogP contribution in [-0.4, -0.2) is 59.4 Å². The molecule has 1 aliphatic carbocycles. The van der Waals surface area contributed by atoms with E-state index in [2.05, 4.69) is 110 Å². The topological polar surface area (TPSA) is 30.9 Å². The molecule has 1 heterocycles. The van der Waals surface area contributed by atoms with Gasteiger partial charge >= 0.3 is 0 Å². The number of rotatable bonds is 10. The van der Waals surface area contributed by atoms with Crippen LogP contribution in [0.15, 0.2) is 72.3 Å². The molecule has 0 radical (unpaired) electrons. The molecule has 0 N–H and O–H groups in total. The first-order chi connectivity index (χ1) is 19.3. The van der Waals surface area contributed by atoms with Crippen LogP contribution in [0.3, 0.4) is 0 Å². The third-order valence-electron chi connectivity index (χ3n) is 8.03. The minimum Gasteiger partial charge on any atom is -0.492 e. The highest BCUT2D eigenvalue weighted by Gasteiger charge is 2.32. The largest absolute Gasteiger partial charge is 0.492 e. The Kier molecular flexibility index (Phi) is 9.38. The summed E-state index contributed by atoms with van der Waals surface area (Å²) in [5, 5.41) is 0. The Labute approximate surface area is 253 Å². The summed E-state index contributed by atoms with van der Waals surface area (Å²) in [5.74, 6) is 2.82. The molecule has 212 valence electrons. The lowest BCUT2D eigenvalue weighted by atomic mass is 9.86. The first-order valence-corrected chi connectivity index (χ1v) is 15.5. The predicted octanol–water partition coefficient (Wildman–Crippen LogP) is 7.73. The number of allylic oxidation sites excluding steroid dienone is 1. The van der Waals surface area contributed by atoms with Gasteiger partial charge < -0.3 is 19.1 Å². The molecule has 0 fully saturated rings. The molecular weight excluding hydrogens is 611 g/mol. The van der Waals surface area contributed by atoms with Gasteiger partial charge in [-0.2, -0.15) is 0 Å². The van der Waals surface area contributed by atoms with Crippen LogP contribution in [0.25, 0.3) is 5.57 Å². The van der Waals surface area contributed by atoms with Crippen LogP contribution < -0.4 is 18.7 Å². The van der Waals surface area contributed by atoms with E-state index >= 15 is 0 Å². The van der Waals surface area contributed by atoms with E-state index < -0.39 is 0 Å². The van der Waals surface area contributed by atoms with Gasteiger partial charge in [0.05, 0.1) is 14.1 Å². The molecule has 2 aliphatic rings. The van der Waals surface area contributed by atoms with Crippen molar-refractivity contribution in [2.24, 2.45) is 0 Å². The lowest BCUT2D eigenvalue weighted by molar-refractivity contribution is 0.230. The molecule has 3 aromatic carbocycles. The number of ether oxygens (including phenoxy) is 3. The number of quaternary nitrogens is 1. The minimum atomic E-state index is -0.0495. The third kappa shape index (κ3) is 7.01. The number of hydrogen-bond donors (Lipinski definition) is 0. The summed E-state index contributed by atoms with van der Waals surface area (Å²) in [6.07, 6.45) is 5.91. The molecule has 3 aromatic rings. The SMILES string of the molecule is CN(C)CCOc1ccc(C2Oc3cc([N+](C)(C)CCOc4ccc(I)cc4)ccc3C3=C2CCCCC3)cc1. The van der Waals surface area contributed by atoms with Crippen molar-refractivity contribution in [1.82, 2.24) is 9.38 Å². The molecular formula is C34H42IN2O3+. The maximum Gasteiger partial charge on any atom is 0.145 e. The van der Waals surface area contributed by atoms with Crippen LogP contribution >= 0.6 is 22.6 Å². The number of halogens is 1. The second-order valence-corrected chi connectivity index (χ2v) is 12.9. The zero-order chi connectivity index (χ0) is 28.1. The molecule has 5 rings (SSSR count). The molecule has 0 saturated heterocycles. The van der Waals surface area contributed by atoms with Gasteiger partial charge in [0.25, 0.3) is 0 Å². The van der Waals surface area contributed by atoms with Crippen molar-refractivity contribution in [3.63, 3.8) is 0 Å². The molecule has 0 saturated carbocycles. The number of likely N-dealkylation sites (N-methyl/N-ethyl adjacent to an activating group) is 2. The molecule has 1 atom stereocenters. The standard InChI is InChI=1S/C34H42IN2O3/c1-36(2)20-22-38-28-15-10-25(11-16-28)34-32-9-7-5-6-8-30(32)31-19-14-27(24-33(31)40-34)37(3,4)21-23-39-29-17-12-26(35)13-18-29/h10-19,24,34H,5-9,20-23H2,1-4H3/q+1. The van der Waals surface area contributed by atoms with Crippen molar-refractivity contribution in [2.75, 3.05) is 54.5 Å². The summed E-state index contributed by atoms with van der Waals surface area (Å²) in [7, 11) is 8.61. The average molecular weight is 654 g/mol. The molecule has 5 nitrogen and oxygen atoms in total. The minimum absolute atomic E-state index is 0.0495. The average Bonchev–Trinajstić information content (AvgIpc) is 3.20. The Morgan fingerprint density at radius 3 is 2.25 bits per heavy atom. The van der Waals surface area contributed by atoms with Gasteiger partial charge in [-0.1, -0.05) is 18.6 Å². The van der Waals surface area contributed by atoms with Crippen LogP contribution in [-0.2, 0) is 0 Å². The highest BCUT2D eigenvalue weighted by atomic mass is 127. The lowest BCUT2D eigenvalue weighted by Crippen LogP contribution is -2.43. The predicted molar refractivity (Wildman–Crippen MR) is 173 cm³/mol. The summed E-state index contributed by atoms with van der Waals surface area (Å²) in [6, 6.07) is 23.6. The lowest BCUT2D eigenvalue weighted by Gasteiger charge is -2.34. The van der Waals surface area contributed by atoms with Crippen molar-refractivity contribution >= 4 is 33.9 Å². The highest BCUT2D eigenvalue weighted by Crippen LogP contribution is 2.48. The van der Waals surface area contributed by atoms with Gasteiger partial charge in [0.15, 0.2) is 0 Å². The first kappa shape index (κ1) is 29.0. The van der Waals surface area contributed by atoms with Crippen LogP contribution in [0.5, 0.6) is 17.2 Å². The number of nitrogens with zero attached hydrogens (tertiary/aromatic N) is 2. The fourth-order valence-electron chi connectivity index (χ4n) is 5.54. The Balaban J connectivity index is 1.35. The van der Waals surface area contributed by atoms with Gasteiger partial charge in [0, 0.05) is 21.7 Å². The maximum atomic E-state index is 6.87. The molecule has 1 aliphatic heterocycles. The van der Waals surface area contributed by atoms with Gasteiger partial charge in [-0.3, -0.25) is 4.48 Å². The fourth-order valence-corrected chi connectivity index (χ4v) is 5.90. The van der Waals surface area contributed by atoms with Crippen LogP contribution in [0.4, 0.5) is 5.69 Å². The van der Waals surface area contributed by atoms with E-state index in [4.69, 9.17) is 14.2 Å². The van der Waals surface area contributed by atoms with E-state index in [1.165, 1.54) is 50.8 Å². The molecule has 0 amide bonds. The van der Waals surface area contributed by atoms with Gasteiger partial charge in [0.2, 0.25) is 0 Å². The van der Waals surface area contributed by atoms with E-state index in [0.717, 1.165) is 47.7 Å². The quantitative estimate of drug-likeness (QED) is 0.166. The van der Waals surface area contributed by atoms with E-state index in [1.54, 1.807) is 0 Å². The summed E-state index contributed by atoms with van der Waals surface area (Å²) in [4.78, 5) is 2.13. The van der Waals surface area contributed by atoms with Crippen LogP contribution in [0, 0.1) is 3.57 Å². The van der Waals surface area contributed by atoms with Crippen molar-refractivity contribution in [2.45, 2.75) is 38.2 Å². The zero-order valence-corrected chi connectivity index (χ0v) is 26.4. The summed E-state index contributed by atoms with van der Waals surface area (Å²) >= 11 is 2.32. The van der Waals surface area contributed by atoms with Gasteiger partial charge in [-0.05, 0) is 128 Å². The van der Waals surface area contributed by atoms with Gasteiger partial charge in [-0.25, -0.2) is 0 Å². The van der Waals surface area contributed by atoms with Gasteiger partial charge in [0.1, 0.15) is 48.8 Å². The normalized spacial score (nSPS) is 17.1. The van der Waals surface area contributed by atoms with Crippen LogP contribution in [0.1, 0.15) is 49.3 Å². The third-order valence-corrected chi connectivity index (χ3v) is 8.75. The molecule has 0 spiro atoms. The number of hydrogen-bond acceptors (Lipinski definition) is 4. The Bertz CT molecular complexity index is 1320. The molecule has 0 bridgehead atoms. The molecule has 0 aromatic heterocycles. The van der Waals surface area contributed by atoms with E-state index in [-0.39, 0.29) is 6.10 Å². The van der Waals surface area contributed by atoms with E-state index in [9.17, 15) is 0 Å². The maximum absolute atomic E-state index is 6.87. The van der Waals surface area contributed by atoms with E-state index in [1.807, 2.05) is 12.1 Å². The number of benzene rings is 3. The van der Waals surface area contributed by atoms with Crippen LogP contribution in [0.2, 0.25) is 0 Å². The van der Waals surface area contributed by atoms with E-state index in [0.29, 0.717) is 13.2 Å². The van der Waals surface area contributed by atoms with Crippen molar-refractivity contribution in [3.8, 4) is 17.2 Å². The molecule has 40 heavy (non-hydrogen) atoms. The first-order valence-electron chi connectivity index (χ1n) is 14.4. The molecule has 6 heteroatoms. The highest BCUT2D eigenvalue weighted by molar-refractivity contribution is 14.1. The second-order valence-electron chi connectivity index (χ2n) is 11.7. The summed E-state index contributed by atoms with van der Waals surface area (Å²) in [6.45, 7) is 3.08.